The summed E-state index contributed by atoms with van der Waals surface area (Å²) in [6, 6.07) is 10.6. The topological polar surface area (TPSA) is 24.9 Å². The van der Waals surface area contributed by atoms with Crippen molar-refractivity contribution in [3.05, 3.63) is 40.2 Å². The molecule has 1 saturated heterocycles. The molecule has 0 bridgehead atoms. The fourth-order valence-electron chi connectivity index (χ4n) is 2.37. The average Bonchev–Trinajstić information content (AvgIpc) is 2.99. The maximum atomic E-state index is 5.01. The van der Waals surface area contributed by atoms with Crippen LogP contribution in [0.1, 0.15) is 15.1 Å². The second-order valence-electron chi connectivity index (χ2n) is 4.98. The molecule has 1 N–H and O–H groups in total. The summed E-state index contributed by atoms with van der Waals surface area (Å²) in [6.45, 7) is 1.01. The van der Waals surface area contributed by atoms with Crippen LogP contribution < -0.4 is 5.32 Å². The van der Waals surface area contributed by atoms with E-state index in [4.69, 9.17) is 4.98 Å². The second-order valence-corrected chi connectivity index (χ2v) is 8.55. The zero-order valence-corrected chi connectivity index (χ0v) is 14.6. The van der Waals surface area contributed by atoms with Crippen molar-refractivity contribution in [1.82, 2.24) is 10.3 Å². The van der Waals surface area contributed by atoms with Crippen molar-refractivity contribution in [3.8, 4) is 11.3 Å². The Kier molecular flexibility index (Phi) is 5.63. The number of rotatable bonds is 5. The first-order valence-corrected chi connectivity index (χ1v) is 10.3. The summed E-state index contributed by atoms with van der Waals surface area (Å²) in [5.74, 6) is 3.74. The molecular formula is C16H20N2S3. The van der Waals surface area contributed by atoms with Crippen LogP contribution in [0.5, 0.6) is 0 Å². The number of benzene rings is 1. The molecule has 1 fully saturated rings. The first-order chi connectivity index (χ1) is 10.4. The maximum absolute atomic E-state index is 5.01. The molecule has 1 aromatic carbocycles. The van der Waals surface area contributed by atoms with Crippen molar-refractivity contribution >= 4 is 34.9 Å². The van der Waals surface area contributed by atoms with E-state index in [1.165, 1.54) is 38.4 Å². The van der Waals surface area contributed by atoms with Gasteiger partial charge in [-0.05, 0) is 20.0 Å². The molecule has 1 atom stereocenters. The monoisotopic (exact) mass is 336 g/mol. The van der Waals surface area contributed by atoms with Gasteiger partial charge in [-0.25, -0.2) is 4.98 Å². The van der Waals surface area contributed by atoms with E-state index in [-0.39, 0.29) is 0 Å². The van der Waals surface area contributed by atoms with Crippen LogP contribution in [0.2, 0.25) is 0 Å². The van der Waals surface area contributed by atoms with Gasteiger partial charge < -0.3 is 5.32 Å². The highest BCUT2D eigenvalue weighted by Crippen LogP contribution is 2.41. The molecule has 1 unspecified atom stereocenters. The molecule has 21 heavy (non-hydrogen) atoms. The van der Waals surface area contributed by atoms with Crippen molar-refractivity contribution in [1.29, 1.82) is 0 Å². The molecule has 112 valence electrons. The molecule has 0 saturated carbocycles. The molecule has 0 aliphatic carbocycles. The predicted molar refractivity (Wildman–Crippen MR) is 97.7 cm³/mol. The van der Waals surface area contributed by atoms with Crippen molar-refractivity contribution < 1.29 is 0 Å². The highest BCUT2D eigenvalue weighted by atomic mass is 32.2. The quantitative estimate of drug-likeness (QED) is 0.889. The Morgan fingerprint density at radius 1 is 1.24 bits per heavy atom. The van der Waals surface area contributed by atoms with Gasteiger partial charge in [0.1, 0.15) is 5.01 Å². The van der Waals surface area contributed by atoms with E-state index in [9.17, 15) is 0 Å². The fraction of sp³-hybridized carbons (Fsp3) is 0.438. The van der Waals surface area contributed by atoms with Gasteiger partial charge in [-0.1, -0.05) is 30.3 Å². The van der Waals surface area contributed by atoms with Crippen LogP contribution in [-0.2, 0) is 6.42 Å². The number of thioether (sulfide) groups is 2. The third-order valence-corrected chi connectivity index (χ3v) is 7.60. The lowest BCUT2D eigenvalue weighted by Crippen LogP contribution is -2.09. The van der Waals surface area contributed by atoms with E-state index in [1.54, 1.807) is 0 Å². The minimum absolute atomic E-state index is 0.583. The second kappa shape index (κ2) is 7.68. The van der Waals surface area contributed by atoms with E-state index in [0.717, 1.165) is 13.0 Å². The van der Waals surface area contributed by atoms with E-state index >= 15 is 0 Å². The van der Waals surface area contributed by atoms with Crippen LogP contribution >= 0.6 is 34.9 Å². The summed E-state index contributed by atoms with van der Waals surface area (Å²) >= 11 is 6.04. The molecule has 2 heterocycles. The highest BCUT2D eigenvalue weighted by molar-refractivity contribution is 8.06. The number of likely N-dealkylation sites (N-methyl/N-ethyl adjacent to an activating group) is 1. The normalized spacial score (nSPS) is 18.8. The third kappa shape index (κ3) is 3.83. The Balaban J connectivity index is 1.90. The predicted octanol–water partition coefficient (Wildman–Crippen LogP) is 4.09. The number of thiazole rings is 1. The molecule has 1 aliphatic rings. The van der Waals surface area contributed by atoms with Crippen molar-refractivity contribution in [3.63, 3.8) is 0 Å². The standard InChI is InChI=1S/C16H20N2S3/c1-17-8-7-13-15(12-5-3-2-4-6-12)18-16(21-13)14-11-19-9-10-20-14/h2-6,14,17H,7-11H2,1H3. The van der Waals surface area contributed by atoms with Crippen LogP contribution in [-0.4, -0.2) is 35.8 Å². The lowest BCUT2D eigenvalue weighted by molar-refractivity contribution is 0.799. The van der Waals surface area contributed by atoms with E-state index in [0.29, 0.717) is 5.25 Å². The minimum atomic E-state index is 0.583. The Hall–Kier alpha value is -0.490. The summed E-state index contributed by atoms with van der Waals surface area (Å²) in [7, 11) is 2.01. The largest absolute Gasteiger partial charge is 0.319 e. The summed E-state index contributed by atoms with van der Waals surface area (Å²) in [5.41, 5.74) is 2.45. The Morgan fingerprint density at radius 2 is 2.10 bits per heavy atom. The molecule has 1 aliphatic heterocycles. The van der Waals surface area contributed by atoms with Gasteiger partial charge in [0.25, 0.3) is 0 Å². The van der Waals surface area contributed by atoms with Gasteiger partial charge in [0.15, 0.2) is 0 Å². The Morgan fingerprint density at radius 3 is 2.81 bits per heavy atom. The molecule has 0 radical (unpaired) electrons. The molecule has 2 aromatic rings. The molecule has 0 spiro atoms. The maximum Gasteiger partial charge on any atom is 0.107 e. The van der Waals surface area contributed by atoms with Gasteiger partial charge in [0.05, 0.1) is 10.9 Å². The number of aromatic nitrogens is 1. The molecular weight excluding hydrogens is 316 g/mol. The van der Waals surface area contributed by atoms with Gasteiger partial charge in [-0.15, -0.1) is 23.1 Å². The number of nitrogens with zero attached hydrogens (tertiary/aromatic N) is 1. The van der Waals surface area contributed by atoms with Gasteiger partial charge in [-0.3, -0.25) is 0 Å². The van der Waals surface area contributed by atoms with E-state index in [2.05, 4.69) is 59.2 Å². The average molecular weight is 337 g/mol. The fourth-order valence-corrected chi connectivity index (χ4v) is 6.44. The zero-order chi connectivity index (χ0) is 14.5. The van der Waals surface area contributed by atoms with E-state index < -0.39 is 0 Å². The Bertz CT molecular complexity index is 562. The van der Waals surface area contributed by atoms with Crippen molar-refractivity contribution in [2.75, 3.05) is 30.9 Å². The third-order valence-electron chi connectivity index (χ3n) is 3.45. The zero-order valence-electron chi connectivity index (χ0n) is 12.2. The first-order valence-electron chi connectivity index (χ1n) is 7.27. The van der Waals surface area contributed by atoms with Gasteiger partial charge in [0.2, 0.25) is 0 Å². The van der Waals surface area contributed by atoms with Crippen LogP contribution in [0.4, 0.5) is 0 Å². The number of nitrogens with one attached hydrogen (secondary N) is 1. The number of hydrogen-bond donors (Lipinski definition) is 1. The van der Waals surface area contributed by atoms with Crippen LogP contribution in [0.3, 0.4) is 0 Å². The lowest BCUT2D eigenvalue weighted by atomic mass is 10.1. The lowest BCUT2D eigenvalue weighted by Gasteiger charge is -2.18. The van der Waals surface area contributed by atoms with Crippen LogP contribution in [0, 0.1) is 0 Å². The molecule has 5 heteroatoms. The van der Waals surface area contributed by atoms with Gasteiger partial charge in [0, 0.05) is 27.7 Å². The molecule has 3 rings (SSSR count). The highest BCUT2D eigenvalue weighted by Gasteiger charge is 2.22. The van der Waals surface area contributed by atoms with Crippen molar-refractivity contribution in [2.45, 2.75) is 11.7 Å². The van der Waals surface area contributed by atoms with Crippen LogP contribution in [0.25, 0.3) is 11.3 Å². The first kappa shape index (κ1) is 15.4. The molecule has 1 aromatic heterocycles. The molecule has 2 nitrogen and oxygen atoms in total. The van der Waals surface area contributed by atoms with Crippen LogP contribution in [0.15, 0.2) is 30.3 Å². The van der Waals surface area contributed by atoms with Gasteiger partial charge in [-0.2, -0.15) is 11.8 Å². The summed E-state index contributed by atoms with van der Waals surface area (Å²) in [4.78, 5) is 6.43. The minimum Gasteiger partial charge on any atom is -0.319 e. The van der Waals surface area contributed by atoms with E-state index in [1.807, 2.05) is 18.4 Å². The SMILES string of the molecule is CNCCc1sc(C2CSCCS2)nc1-c1ccccc1. The van der Waals surface area contributed by atoms with Crippen molar-refractivity contribution in [2.24, 2.45) is 0 Å². The summed E-state index contributed by atoms with van der Waals surface area (Å²) in [5, 5.41) is 5.15. The Labute approximate surface area is 139 Å². The number of hydrogen-bond acceptors (Lipinski definition) is 5. The molecule has 0 amide bonds. The van der Waals surface area contributed by atoms with Gasteiger partial charge >= 0.3 is 0 Å². The smallest absolute Gasteiger partial charge is 0.107 e. The summed E-state index contributed by atoms with van der Waals surface area (Å²) < 4.78 is 0. The summed E-state index contributed by atoms with van der Waals surface area (Å²) in [6.07, 6.45) is 1.06.